The zero-order valence-corrected chi connectivity index (χ0v) is 11.9. The van der Waals surface area contributed by atoms with Crippen molar-refractivity contribution in [1.29, 1.82) is 0 Å². The zero-order valence-electron chi connectivity index (χ0n) is 11.9. The van der Waals surface area contributed by atoms with Gasteiger partial charge in [-0.15, -0.1) is 0 Å². The van der Waals surface area contributed by atoms with Crippen LogP contribution in [0.25, 0.3) is 0 Å². The first-order chi connectivity index (χ1) is 8.97. The van der Waals surface area contributed by atoms with Gasteiger partial charge in [-0.05, 0) is 32.1 Å². The molecule has 1 amide bonds. The van der Waals surface area contributed by atoms with Crippen molar-refractivity contribution in [3.8, 4) is 5.88 Å². The molecule has 0 aliphatic carbocycles. The lowest BCUT2D eigenvalue weighted by Crippen LogP contribution is -2.37. The van der Waals surface area contributed by atoms with Crippen molar-refractivity contribution >= 4 is 5.91 Å². The maximum atomic E-state index is 12.1. The highest BCUT2D eigenvalue weighted by Crippen LogP contribution is 2.20. The topological polar surface area (TPSA) is 58.8 Å². The van der Waals surface area contributed by atoms with E-state index in [0.29, 0.717) is 23.6 Å². The predicted molar refractivity (Wildman–Crippen MR) is 70.0 cm³/mol. The van der Waals surface area contributed by atoms with Crippen LogP contribution in [-0.2, 0) is 4.79 Å². The number of carbonyl (C=O) groups is 1. The Morgan fingerprint density at radius 3 is 2.84 bits per heavy atom. The zero-order chi connectivity index (χ0) is 14.0. The van der Waals surface area contributed by atoms with Crippen molar-refractivity contribution in [2.45, 2.75) is 19.9 Å². The van der Waals surface area contributed by atoms with Gasteiger partial charge >= 0.3 is 0 Å². The maximum Gasteiger partial charge on any atom is 0.260 e. The lowest BCUT2D eigenvalue weighted by atomic mass is 10.1. The van der Waals surface area contributed by atoms with E-state index in [4.69, 9.17) is 9.26 Å². The van der Waals surface area contributed by atoms with Crippen LogP contribution in [0, 0.1) is 12.8 Å². The minimum Gasteiger partial charge on any atom is -0.465 e. The number of carbonyl (C=O) groups excluding carboxylic acids is 1. The molecule has 1 fully saturated rings. The molecule has 6 nitrogen and oxygen atoms in total. The summed E-state index contributed by atoms with van der Waals surface area (Å²) < 4.78 is 10.2. The average molecular weight is 267 g/mol. The van der Waals surface area contributed by atoms with E-state index in [2.05, 4.69) is 17.0 Å². The van der Waals surface area contributed by atoms with Gasteiger partial charge in [0.15, 0.2) is 6.61 Å². The second-order valence-corrected chi connectivity index (χ2v) is 5.37. The molecule has 2 atom stereocenters. The molecule has 1 aliphatic heterocycles. The van der Waals surface area contributed by atoms with Crippen molar-refractivity contribution in [2.75, 3.05) is 33.8 Å². The van der Waals surface area contributed by atoms with Crippen molar-refractivity contribution in [2.24, 2.45) is 5.92 Å². The van der Waals surface area contributed by atoms with Gasteiger partial charge in [-0.1, -0.05) is 6.92 Å². The van der Waals surface area contributed by atoms with Gasteiger partial charge in [0.25, 0.3) is 11.8 Å². The van der Waals surface area contributed by atoms with E-state index in [1.165, 1.54) is 0 Å². The highest BCUT2D eigenvalue weighted by molar-refractivity contribution is 5.78. The Morgan fingerprint density at radius 2 is 2.32 bits per heavy atom. The molecule has 1 saturated heterocycles. The first-order valence-corrected chi connectivity index (χ1v) is 6.47. The number of nitrogens with zero attached hydrogens (tertiary/aromatic N) is 3. The summed E-state index contributed by atoms with van der Waals surface area (Å²) in [5, 5.41) is 3.70. The van der Waals surface area contributed by atoms with Gasteiger partial charge in [0.05, 0.1) is 0 Å². The second-order valence-electron chi connectivity index (χ2n) is 5.37. The molecule has 2 heterocycles. The molecule has 0 bridgehead atoms. The number of hydrogen-bond acceptors (Lipinski definition) is 5. The minimum atomic E-state index is -0.00291. The second kappa shape index (κ2) is 5.61. The summed E-state index contributed by atoms with van der Waals surface area (Å²) in [6.07, 6.45) is 0. The summed E-state index contributed by atoms with van der Waals surface area (Å²) in [5.74, 6) is 1.51. The molecule has 1 aromatic rings. The molecular formula is C13H21N3O3. The highest BCUT2D eigenvalue weighted by atomic mass is 16.5. The van der Waals surface area contributed by atoms with Crippen LogP contribution in [-0.4, -0.2) is 60.7 Å². The van der Waals surface area contributed by atoms with E-state index in [1.807, 2.05) is 19.0 Å². The summed E-state index contributed by atoms with van der Waals surface area (Å²) in [7, 11) is 4.09. The van der Waals surface area contributed by atoms with E-state index in [9.17, 15) is 4.79 Å². The SMILES string of the molecule is Cc1cc(OCC(=O)N2CC(C)C(N(C)C)C2)no1. The Labute approximate surface area is 113 Å². The third-order valence-corrected chi connectivity index (χ3v) is 3.54. The molecule has 106 valence electrons. The minimum absolute atomic E-state index is 0.00291. The first-order valence-electron chi connectivity index (χ1n) is 6.47. The first kappa shape index (κ1) is 13.9. The normalized spacial score (nSPS) is 23.1. The molecule has 2 unspecified atom stereocenters. The van der Waals surface area contributed by atoms with Gasteiger partial charge in [-0.2, -0.15) is 0 Å². The molecule has 0 N–H and O–H groups in total. The number of amides is 1. The fraction of sp³-hybridized carbons (Fsp3) is 0.692. The largest absolute Gasteiger partial charge is 0.465 e. The van der Waals surface area contributed by atoms with Gasteiger partial charge in [0.2, 0.25) is 0 Å². The lowest BCUT2D eigenvalue weighted by molar-refractivity contribution is -0.132. The van der Waals surface area contributed by atoms with E-state index >= 15 is 0 Å². The molecule has 0 saturated carbocycles. The Balaban J connectivity index is 1.84. The van der Waals surface area contributed by atoms with Gasteiger partial charge in [0.1, 0.15) is 5.76 Å². The lowest BCUT2D eigenvalue weighted by Gasteiger charge is -2.22. The van der Waals surface area contributed by atoms with Crippen LogP contribution in [0.2, 0.25) is 0 Å². The molecular weight excluding hydrogens is 246 g/mol. The number of aryl methyl sites for hydroxylation is 1. The van der Waals surface area contributed by atoms with Gasteiger partial charge in [-0.25, -0.2) is 0 Å². The van der Waals surface area contributed by atoms with Gasteiger partial charge < -0.3 is 19.1 Å². The summed E-state index contributed by atoms with van der Waals surface area (Å²) in [6, 6.07) is 2.08. The van der Waals surface area contributed by atoms with Crippen LogP contribution in [0.4, 0.5) is 0 Å². The molecule has 0 spiro atoms. The van der Waals surface area contributed by atoms with Crippen LogP contribution >= 0.6 is 0 Å². The third-order valence-electron chi connectivity index (χ3n) is 3.54. The fourth-order valence-corrected chi connectivity index (χ4v) is 2.46. The molecule has 0 aromatic carbocycles. The summed E-state index contributed by atoms with van der Waals surface area (Å²) in [4.78, 5) is 16.1. The van der Waals surface area contributed by atoms with Crippen molar-refractivity contribution < 1.29 is 14.1 Å². The molecule has 0 radical (unpaired) electrons. The Bertz CT molecular complexity index is 444. The van der Waals surface area contributed by atoms with Crippen LogP contribution in [0.1, 0.15) is 12.7 Å². The summed E-state index contributed by atoms with van der Waals surface area (Å²) in [6.45, 7) is 5.50. The molecule has 1 aliphatic rings. The molecule has 2 rings (SSSR count). The van der Waals surface area contributed by atoms with Gasteiger partial charge in [0, 0.05) is 25.2 Å². The van der Waals surface area contributed by atoms with E-state index in [1.54, 1.807) is 13.0 Å². The van der Waals surface area contributed by atoms with E-state index in [-0.39, 0.29) is 12.5 Å². The van der Waals surface area contributed by atoms with Crippen LogP contribution < -0.4 is 4.74 Å². The fourth-order valence-electron chi connectivity index (χ4n) is 2.46. The third kappa shape index (κ3) is 3.26. The van der Waals surface area contributed by atoms with Crippen molar-refractivity contribution in [3.05, 3.63) is 11.8 Å². The Hall–Kier alpha value is -1.56. The van der Waals surface area contributed by atoms with Crippen molar-refractivity contribution in [1.82, 2.24) is 15.0 Å². The molecule has 19 heavy (non-hydrogen) atoms. The van der Waals surface area contributed by atoms with E-state index < -0.39 is 0 Å². The summed E-state index contributed by atoms with van der Waals surface area (Å²) in [5.41, 5.74) is 0. The summed E-state index contributed by atoms with van der Waals surface area (Å²) >= 11 is 0. The van der Waals surface area contributed by atoms with Crippen LogP contribution in [0.15, 0.2) is 10.6 Å². The van der Waals surface area contributed by atoms with Crippen LogP contribution in [0.5, 0.6) is 5.88 Å². The molecule has 1 aromatic heterocycles. The van der Waals surface area contributed by atoms with Gasteiger partial charge in [-0.3, -0.25) is 4.79 Å². The number of likely N-dealkylation sites (tertiary alicyclic amines) is 1. The Morgan fingerprint density at radius 1 is 1.58 bits per heavy atom. The number of hydrogen-bond donors (Lipinski definition) is 0. The highest BCUT2D eigenvalue weighted by Gasteiger charge is 2.33. The maximum absolute atomic E-state index is 12.1. The predicted octanol–water partition coefficient (Wildman–Crippen LogP) is 0.770. The molecule has 6 heteroatoms. The number of rotatable bonds is 4. The average Bonchev–Trinajstić information content (AvgIpc) is 2.92. The number of likely N-dealkylation sites (N-methyl/N-ethyl adjacent to an activating group) is 1. The standard InChI is InChI=1S/C13H21N3O3/c1-9-6-16(7-11(9)15(3)4)13(17)8-18-12-5-10(2)19-14-12/h5,9,11H,6-8H2,1-4H3. The smallest absolute Gasteiger partial charge is 0.260 e. The number of ether oxygens (including phenoxy) is 1. The van der Waals surface area contributed by atoms with E-state index in [0.717, 1.165) is 13.1 Å². The number of aromatic nitrogens is 1. The van der Waals surface area contributed by atoms with Crippen molar-refractivity contribution in [3.63, 3.8) is 0 Å². The monoisotopic (exact) mass is 267 g/mol. The quantitative estimate of drug-likeness (QED) is 0.806. The Kier molecular flexibility index (Phi) is 4.09. The van der Waals surface area contributed by atoms with Crippen LogP contribution in [0.3, 0.4) is 0 Å².